The number of nitrogens with zero attached hydrogens (tertiary/aromatic N) is 3. The van der Waals surface area contributed by atoms with Crippen molar-refractivity contribution in [1.29, 1.82) is 0 Å². The van der Waals surface area contributed by atoms with E-state index in [2.05, 4.69) is 52.7 Å². The topological polar surface area (TPSA) is 112 Å². The third kappa shape index (κ3) is 5.87. The highest BCUT2D eigenvalue weighted by atomic mass is 16.5. The number of piperidine rings is 1. The zero-order chi connectivity index (χ0) is 27.5. The maximum absolute atomic E-state index is 13.1. The standard InChI is InChI=1S/C30H34N6O3/c1-18(2)25-11-10-23(15-19(25)3)33-29(38)21-7-5-8-22(16-21)32-26-12-13-31-28-27(26)30(35-34-28)39-24-9-6-14-36(17-24)20(4)37/h5,7-8,10-13,15-16,18,24H,6,9,14,17H2,1-4H3,(H,33,38)(H2,31,32,34,35)/t24-/m1/s1. The lowest BCUT2D eigenvalue weighted by molar-refractivity contribution is -0.131. The molecule has 1 atom stereocenters. The van der Waals surface area contributed by atoms with Gasteiger partial charge in [-0.05, 0) is 73.2 Å². The summed E-state index contributed by atoms with van der Waals surface area (Å²) in [6.07, 6.45) is 3.27. The van der Waals surface area contributed by atoms with Crippen molar-refractivity contribution < 1.29 is 14.3 Å². The average Bonchev–Trinajstić information content (AvgIpc) is 3.32. The molecule has 1 fully saturated rings. The van der Waals surface area contributed by atoms with E-state index >= 15 is 0 Å². The summed E-state index contributed by atoms with van der Waals surface area (Å²) in [7, 11) is 0. The second kappa shape index (κ2) is 11.1. The van der Waals surface area contributed by atoms with Gasteiger partial charge in [-0.15, -0.1) is 5.10 Å². The van der Waals surface area contributed by atoms with Crippen LogP contribution in [-0.4, -0.2) is 51.1 Å². The van der Waals surface area contributed by atoms with E-state index in [1.165, 1.54) is 5.56 Å². The number of likely N-dealkylation sites (tertiary alicyclic amines) is 1. The van der Waals surface area contributed by atoms with Crippen LogP contribution in [0.25, 0.3) is 11.0 Å². The molecule has 0 unspecified atom stereocenters. The number of ether oxygens (including phenoxy) is 1. The number of fused-ring (bicyclic) bond motifs is 1. The second-order valence-electron chi connectivity index (χ2n) is 10.3. The Labute approximate surface area is 228 Å². The van der Waals surface area contributed by atoms with Gasteiger partial charge < -0.3 is 20.3 Å². The molecule has 9 heteroatoms. The van der Waals surface area contributed by atoms with Crippen LogP contribution in [0.3, 0.4) is 0 Å². The summed E-state index contributed by atoms with van der Waals surface area (Å²) >= 11 is 0. The number of hydrogen-bond donors (Lipinski definition) is 3. The van der Waals surface area contributed by atoms with Crippen LogP contribution in [0.15, 0.2) is 54.7 Å². The van der Waals surface area contributed by atoms with Gasteiger partial charge in [-0.3, -0.25) is 14.7 Å². The van der Waals surface area contributed by atoms with E-state index in [1.54, 1.807) is 24.1 Å². The lowest BCUT2D eigenvalue weighted by Crippen LogP contribution is -2.43. The van der Waals surface area contributed by atoms with Crippen LogP contribution in [0.4, 0.5) is 17.1 Å². The predicted octanol–water partition coefficient (Wildman–Crippen LogP) is 5.78. The number of rotatable bonds is 7. The number of aromatic amines is 1. The van der Waals surface area contributed by atoms with Gasteiger partial charge in [0.1, 0.15) is 11.5 Å². The molecule has 3 N–H and O–H groups in total. The average molecular weight is 527 g/mol. The van der Waals surface area contributed by atoms with Gasteiger partial charge >= 0.3 is 0 Å². The van der Waals surface area contributed by atoms with Gasteiger partial charge in [0.15, 0.2) is 5.65 Å². The molecule has 0 radical (unpaired) electrons. The molecule has 1 aliphatic heterocycles. The molecule has 0 spiro atoms. The van der Waals surface area contributed by atoms with Crippen LogP contribution in [0.2, 0.25) is 0 Å². The highest BCUT2D eigenvalue weighted by Crippen LogP contribution is 2.33. The Kier molecular flexibility index (Phi) is 7.49. The first kappa shape index (κ1) is 26.2. The molecule has 202 valence electrons. The number of carbonyl (C=O) groups is 2. The normalized spacial score (nSPS) is 15.4. The van der Waals surface area contributed by atoms with E-state index in [9.17, 15) is 9.59 Å². The highest BCUT2D eigenvalue weighted by Gasteiger charge is 2.25. The SMILES string of the molecule is CC(=O)N1CCC[C@@H](Oc2n[nH]c3nccc(Nc4cccc(C(=O)Nc5ccc(C(C)C)c(C)c5)c4)c23)C1. The molecular formula is C30H34N6O3. The van der Waals surface area contributed by atoms with Crippen LogP contribution >= 0.6 is 0 Å². The number of pyridine rings is 1. The smallest absolute Gasteiger partial charge is 0.255 e. The van der Waals surface area contributed by atoms with Crippen molar-refractivity contribution >= 4 is 39.9 Å². The number of aromatic nitrogens is 3. The van der Waals surface area contributed by atoms with Gasteiger partial charge in [0.2, 0.25) is 11.8 Å². The number of aryl methyl sites for hydroxylation is 1. The van der Waals surface area contributed by atoms with Crippen molar-refractivity contribution in [2.24, 2.45) is 0 Å². The Morgan fingerprint density at radius 2 is 1.97 bits per heavy atom. The van der Waals surface area contributed by atoms with Crippen molar-refractivity contribution in [3.63, 3.8) is 0 Å². The molecule has 1 aliphatic rings. The van der Waals surface area contributed by atoms with E-state index in [1.807, 2.05) is 36.4 Å². The van der Waals surface area contributed by atoms with Crippen LogP contribution in [0.5, 0.6) is 5.88 Å². The molecule has 3 heterocycles. The third-order valence-electron chi connectivity index (χ3n) is 7.08. The molecule has 2 aromatic heterocycles. The highest BCUT2D eigenvalue weighted by molar-refractivity contribution is 6.05. The molecular weight excluding hydrogens is 492 g/mol. The Hall–Kier alpha value is -4.40. The molecule has 1 saturated heterocycles. The summed E-state index contributed by atoms with van der Waals surface area (Å²) in [5, 5.41) is 14.4. The van der Waals surface area contributed by atoms with E-state index in [0.717, 1.165) is 42.0 Å². The van der Waals surface area contributed by atoms with Gasteiger partial charge in [-0.2, -0.15) is 0 Å². The van der Waals surface area contributed by atoms with Gasteiger partial charge in [-0.1, -0.05) is 26.0 Å². The molecule has 2 aromatic carbocycles. The summed E-state index contributed by atoms with van der Waals surface area (Å²) in [5.41, 5.74) is 5.80. The zero-order valence-electron chi connectivity index (χ0n) is 22.7. The molecule has 9 nitrogen and oxygen atoms in total. The molecule has 4 aromatic rings. The maximum Gasteiger partial charge on any atom is 0.255 e. The lowest BCUT2D eigenvalue weighted by Gasteiger charge is -2.31. The number of benzene rings is 2. The van der Waals surface area contributed by atoms with Crippen LogP contribution in [-0.2, 0) is 4.79 Å². The number of anilines is 3. The summed E-state index contributed by atoms with van der Waals surface area (Å²) in [6.45, 7) is 9.24. The van der Waals surface area contributed by atoms with Crippen molar-refractivity contribution in [3.8, 4) is 5.88 Å². The number of H-pyrrole nitrogens is 1. The molecule has 0 aliphatic carbocycles. The Morgan fingerprint density at radius 1 is 1.13 bits per heavy atom. The van der Waals surface area contributed by atoms with E-state index < -0.39 is 0 Å². The summed E-state index contributed by atoms with van der Waals surface area (Å²) in [6, 6.07) is 15.2. The van der Waals surface area contributed by atoms with Crippen LogP contribution < -0.4 is 15.4 Å². The minimum atomic E-state index is -0.185. The fraction of sp³-hybridized carbons (Fsp3) is 0.333. The quantitative estimate of drug-likeness (QED) is 0.282. The van der Waals surface area contributed by atoms with Crippen molar-refractivity contribution in [2.45, 2.75) is 52.6 Å². The van der Waals surface area contributed by atoms with E-state index in [4.69, 9.17) is 4.74 Å². The monoisotopic (exact) mass is 526 g/mol. The lowest BCUT2D eigenvalue weighted by atomic mass is 9.97. The number of amides is 2. The summed E-state index contributed by atoms with van der Waals surface area (Å²) < 4.78 is 6.25. The van der Waals surface area contributed by atoms with Crippen LogP contribution in [0, 0.1) is 6.92 Å². The number of hydrogen-bond acceptors (Lipinski definition) is 6. The maximum atomic E-state index is 13.1. The fourth-order valence-electron chi connectivity index (χ4n) is 5.09. The zero-order valence-corrected chi connectivity index (χ0v) is 22.7. The number of carbonyl (C=O) groups excluding carboxylic acids is 2. The van der Waals surface area contributed by atoms with Gasteiger partial charge in [0, 0.05) is 36.6 Å². The molecule has 0 bridgehead atoms. The molecule has 5 rings (SSSR count). The van der Waals surface area contributed by atoms with Gasteiger partial charge in [-0.25, -0.2) is 4.98 Å². The van der Waals surface area contributed by atoms with Crippen molar-refractivity contribution in [3.05, 3.63) is 71.4 Å². The minimum Gasteiger partial charge on any atom is -0.471 e. The second-order valence-corrected chi connectivity index (χ2v) is 10.3. The molecule has 0 saturated carbocycles. The first-order valence-corrected chi connectivity index (χ1v) is 13.3. The Balaban J connectivity index is 1.34. The summed E-state index contributed by atoms with van der Waals surface area (Å²) in [4.78, 5) is 31.1. The first-order chi connectivity index (χ1) is 18.8. The number of nitrogens with one attached hydrogen (secondary N) is 3. The van der Waals surface area contributed by atoms with Crippen molar-refractivity contribution in [1.82, 2.24) is 20.1 Å². The Morgan fingerprint density at radius 3 is 2.74 bits per heavy atom. The largest absolute Gasteiger partial charge is 0.471 e. The third-order valence-corrected chi connectivity index (χ3v) is 7.08. The van der Waals surface area contributed by atoms with Crippen molar-refractivity contribution in [2.75, 3.05) is 23.7 Å². The molecule has 2 amide bonds. The van der Waals surface area contributed by atoms with Gasteiger partial charge in [0.05, 0.1) is 12.2 Å². The van der Waals surface area contributed by atoms with E-state index in [-0.39, 0.29) is 17.9 Å². The fourth-order valence-corrected chi connectivity index (χ4v) is 5.09. The van der Waals surface area contributed by atoms with E-state index in [0.29, 0.717) is 34.9 Å². The van der Waals surface area contributed by atoms with Gasteiger partial charge in [0.25, 0.3) is 5.91 Å². The predicted molar refractivity (Wildman–Crippen MR) is 153 cm³/mol. The van der Waals surface area contributed by atoms with Crippen LogP contribution in [0.1, 0.15) is 61.0 Å². The molecule has 39 heavy (non-hydrogen) atoms. The summed E-state index contributed by atoms with van der Waals surface area (Å²) in [5.74, 6) is 0.724. The first-order valence-electron chi connectivity index (χ1n) is 13.3. The minimum absolute atomic E-state index is 0.0471. The Bertz CT molecular complexity index is 1510.